The first-order valence-electron chi connectivity index (χ1n) is 6.45. The third kappa shape index (κ3) is 3.54. The maximum Gasteiger partial charge on any atom is 0.259 e. The molecule has 0 aliphatic heterocycles. The molecule has 2 aromatic carbocycles. The quantitative estimate of drug-likeness (QED) is 0.832. The third-order valence-corrected chi connectivity index (χ3v) is 3.85. The average molecular weight is 385 g/mol. The second-order valence-electron chi connectivity index (χ2n) is 4.61. The van der Waals surface area contributed by atoms with Gasteiger partial charge in [0, 0.05) is 10.2 Å². The molecule has 0 bridgehead atoms. The van der Waals surface area contributed by atoms with Gasteiger partial charge in [0.2, 0.25) is 0 Å². The number of carbonyl (C=O) groups excluding carboxylic acids is 1. The molecule has 0 unspecified atom stereocenters. The van der Waals surface area contributed by atoms with Crippen LogP contribution in [0.5, 0.6) is 11.5 Å². The van der Waals surface area contributed by atoms with Gasteiger partial charge in [-0.15, -0.1) is 0 Å². The van der Waals surface area contributed by atoms with E-state index in [0.717, 1.165) is 10.0 Å². The van der Waals surface area contributed by atoms with E-state index >= 15 is 0 Å². The molecule has 0 aliphatic carbocycles. The van der Waals surface area contributed by atoms with Crippen molar-refractivity contribution in [3.05, 3.63) is 51.0 Å². The van der Waals surface area contributed by atoms with Gasteiger partial charge in [-0.05, 0) is 42.8 Å². The van der Waals surface area contributed by atoms with Crippen LogP contribution in [-0.4, -0.2) is 20.1 Å². The van der Waals surface area contributed by atoms with E-state index in [9.17, 15) is 4.79 Å². The lowest BCUT2D eigenvalue weighted by Gasteiger charge is -2.13. The van der Waals surface area contributed by atoms with E-state index in [-0.39, 0.29) is 5.91 Å². The van der Waals surface area contributed by atoms with Gasteiger partial charge < -0.3 is 14.8 Å². The van der Waals surface area contributed by atoms with Crippen LogP contribution < -0.4 is 14.8 Å². The van der Waals surface area contributed by atoms with Gasteiger partial charge in [-0.1, -0.05) is 27.5 Å². The van der Waals surface area contributed by atoms with Crippen molar-refractivity contribution in [3.8, 4) is 11.5 Å². The summed E-state index contributed by atoms with van der Waals surface area (Å²) in [6.07, 6.45) is 0. The second kappa shape index (κ2) is 7.03. The number of methoxy groups -OCH3 is 2. The first kappa shape index (κ1) is 16.6. The molecule has 22 heavy (non-hydrogen) atoms. The van der Waals surface area contributed by atoms with Crippen molar-refractivity contribution in [2.45, 2.75) is 6.92 Å². The van der Waals surface area contributed by atoms with Gasteiger partial charge in [-0.3, -0.25) is 4.79 Å². The number of anilines is 1. The topological polar surface area (TPSA) is 47.6 Å². The summed E-state index contributed by atoms with van der Waals surface area (Å²) in [6, 6.07) is 8.66. The normalized spacial score (nSPS) is 10.2. The Balaban J connectivity index is 2.31. The SMILES string of the molecule is COc1ccc(NC(=O)c2cc(Br)cc(C)c2OC)cc1Cl. The fourth-order valence-corrected chi connectivity index (χ4v) is 2.94. The van der Waals surface area contributed by atoms with E-state index in [1.54, 1.807) is 24.3 Å². The molecule has 0 aromatic heterocycles. The Labute approximate surface area is 142 Å². The van der Waals surface area contributed by atoms with Gasteiger partial charge in [0.05, 0.1) is 24.8 Å². The van der Waals surface area contributed by atoms with Crippen LogP contribution in [0.3, 0.4) is 0 Å². The zero-order chi connectivity index (χ0) is 16.3. The predicted molar refractivity (Wildman–Crippen MR) is 91.4 cm³/mol. The molecule has 2 rings (SSSR count). The zero-order valence-corrected chi connectivity index (χ0v) is 14.7. The second-order valence-corrected chi connectivity index (χ2v) is 5.93. The molecule has 2 aromatic rings. The lowest BCUT2D eigenvalue weighted by Crippen LogP contribution is -2.14. The first-order chi connectivity index (χ1) is 10.5. The third-order valence-electron chi connectivity index (χ3n) is 3.10. The lowest BCUT2D eigenvalue weighted by molar-refractivity contribution is 0.102. The Kier molecular flexibility index (Phi) is 5.32. The van der Waals surface area contributed by atoms with Crippen LogP contribution >= 0.6 is 27.5 Å². The number of halogens is 2. The fraction of sp³-hybridized carbons (Fsp3) is 0.188. The number of nitrogens with one attached hydrogen (secondary N) is 1. The van der Waals surface area contributed by atoms with Crippen molar-refractivity contribution in [1.82, 2.24) is 0 Å². The molecule has 1 N–H and O–H groups in total. The number of rotatable bonds is 4. The molecule has 1 amide bonds. The zero-order valence-electron chi connectivity index (χ0n) is 12.4. The van der Waals surface area contributed by atoms with E-state index in [0.29, 0.717) is 27.8 Å². The molecule has 0 atom stereocenters. The summed E-state index contributed by atoms with van der Waals surface area (Å²) in [4.78, 5) is 12.5. The molecular formula is C16H15BrClNO3. The van der Waals surface area contributed by atoms with Gasteiger partial charge in [0.15, 0.2) is 0 Å². The number of amides is 1. The number of hydrogen-bond acceptors (Lipinski definition) is 3. The number of aryl methyl sites for hydroxylation is 1. The minimum absolute atomic E-state index is 0.275. The molecular weight excluding hydrogens is 370 g/mol. The Morgan fingerprint density at radius 2 is 1.91 bits per heavy atom. The van der Waals surface area contributed by atoms with E-state index < -0.39 is 0 Å². The average Bonchev–Trinajstić information content (AvgIpc) is 2.46. The van der Waals surface area contributed by atoms with Gasteiger partial charge in [0.25, 0.3) is 5.91 Å². The summed E-state index contributed by atoms with van der Waals surface area (Å²) in [5.74, 6) is 0.818. The molecule has 0 spiro atoms. The molecule has 0 fully saturated rings. The van der Waals surface area contributed by atoms with Crippen LogP contribution in [0, 0.1) is 6.92 Å². The van der Waals surface area contributed by atoms with Crippen molar-refractivity contribution >= 4 is 39.1 Å². The molecule has 0 saturated carbocycles. The van der Waals surface area contributed by atoms with Crippen molar-refractivity contribution in [2.75, 3.05) is 19.5 Å². The Morgan fingerprint density at radius 1 is 1.18 bits per heavy atom. The first-order valence-corrected chi connectivity index (χ1v) is 7.62. The van der Waals surface area contributed by atoms with E-state index in [1.807, 2.05) is 13.0 Å². The Bertz CT molecular complexity index is 719. The van der Waals surface area contributed by atoms with E-state index in [2.05, 4.69) is 21.2 Å². The maximum atomic E-state index is 12.5. The van der Waals surface area contributed by atoms with Gasteiger partial charge in [-0.2, -0.15) is 0 Å². The van der Waals surface area contributed by atoms with Crippen LogP contribution in [0.4, 0.5) is 5.69 Å². The molecule has 6 heteroatoms. The highest BCUT2D eigenvalue weighted by atomic mass is 79.9. The number of hydrogen-bond donors (Lipinski definition) is 1. The van der Waals surface area contributed by atoms with Crippen LogP contribution in [0.15, 0.2) is 34.8 Å². The largest absolute Gasteiger partial charge is 0.496 e. The van der Waals surface area contributed by atoms with Gasteiger partial charge >= 0.3 is 0 Å². The summed E-state index contributed by atoms with van der Waals surface area (Å²) in [7, 11) is 3.08. The minimum Gasteiger partial charge on any atom is -0.496 e. The summed E-state index contributed by atoms with van der Waals surface area (Å²) >= 11 is 9.45. The maximum absolute atomic E-state index is 12.5. The summed E-state index contributed by atoms with van der Waals surface area (Å²) in [6.45, 7) is 1.88. The molecule has 0 heterocycles. The summed E-state index contributed by atoms with van der Waals surface area (Å²) in [5.41, 5.74) is 1.89. The minimum atomic E-state index is -0.275. The van der Waals surface area contributed by atoms with Gasteiger partial charge in [-0.25, -0.2) is 0 Å². The van der Waals surface area contributed by atoms with Crippen LogP contribution in [0.2, 0.25) is 5.02 Å². The predicted octanol–water partition coefficient (Wildman–Crippen LogP) is 4.68. The van der Waals surface area contributed by atoms with Crippen molar-refractivity contribution in [1.29, 1.82) is 0 Å². The molecule has 0 aliphatic rings. The van der Waals surface area contributed by atoms with Crippen molar-refractivity contribution in [2.24, 2.45) is 0 Å². The van der Waals surface area contributed by atoms with E-state index in [1.165, 1.54) is 14.2 Å². The lowest BCUT2D eigenvalue weighted by atomic mass is 10.1. The van der Waals surface area contributed by atoms with Crippen LogP contribution in [0.1, 0.15) is 15.9 Å². The smallest absolute Gasteiger partial charge is 0.259 e. The van der Waals surface area contributed by atoms with E-state index in [4.69, 9.17) is 21.1 Å². The standard InChI is InChI=1S/C16H15BrClNO3/c1-9-6-10(17)7-12(15(9)22-3)16(20)19-11-4-5-14(21-2)13(18)8-11/h4-8H,1-3H3,(H,19,20). The highest BCUT2D eigenvalue weighted by molar-refractivity contribution is 9.10. The summed E-state index contributed by atoms with van der Waals surface area (Å²) < 4.78 is 11.2. The summed E-state index contributed by atoms with van der Waals surface area (Å²) in [5, 5.41) is 3.23. The number of benzene rings is 2. The highest BCUT2D eigenvalue weighted by Crippen LogP contribution is 2.30. The number of carbonyl (C=O) groups is 1. The molecule has 0 saturated heterocycles. The molecule has 4 nitrogen and oxygen atoms in total. The fourth-order valence-electron chi connectivity index (χ4n) is 2.11. The van der Waals surface area contributed by atoms with Crippen LogP contribution in [-0.2, 0) is 0 Å². The Hall–Kier alpha value is -1.72. The molecule has 0 radical (unpaired) electrons. The van der Waals surface area contributed by atoms with Crippen molar-refractivity contribution in [3.63, 3.8) is 0 Å². The monoisotopic (exact) mass is 383 g/mol. The van der Waals surface area contributed by atoms with Crippen molar-refractivity contribution < 1.29 is 14.3 Å². The Morgan fingerprint density at radius 3 is 2.50 bits per heavy atom. The number of ether oxygens (including phenoxy) is 2. The molecule has 116 valence electrons. The van der Waals surface area contributed by atoms with Crippen LogP contribution in [0.25, 0.3) is 0 Å². The van der Waals surface area contributed by atoms with Gasteiger partial charge in [0.1, 0.15) is 11.5 Å². The highest BCUT2D eigenvalue weighted by Gasteiger charge is 2.16.